The summed E-state index contributed by atoms with van der Waals surface area (Å²) in [5.74, 6) is -0.402. The van der Waals surface area contributed by atoms with E-state index in [-0.39, 0.29) is 18.1 Å². The van der Waals surface area contributed by atoms with Gasteiger partial charge in [0.1, 0.15) is 5.78 Å². The Balaban J connectivity index is 2.14. The zero-order valence-corrected chi connectivity index (χ0v) is 11.4. The largest absolute Gasteiger partial charge is 0.325 e. The normalized spacial score (nSPS) is 10.1. The van der Waals surface area contributed by atoms with Gasteiger partial charge in [0.25, 0.3) is 0 Å². The second-order valence-electron chi connectivity index (χ2n) is 4.75. The number of anilines is 1. The minimum absolute atomic E-state index is 0.0837. The second-order valence-corrected chi connectivity index (χ2v) is 4.75. The lowest BCUT2D eigenvalue weighted by atomic mass is 10.0. The summed E-state index contributed by atoms with van der Waals surface area (Å²) in [6.07, 6.45) is 0.664. The zero-order valence-electron chi connectivity index (χ0n) is 11.4. The predicted molar refractivity (Wildman–Crippen MR) is 79.6 cm³/mol. The van der Waals surface area contributed by atoms with E-state index < -0.39 is 0 Å². The fourth-order valence-electron chi connectivity index (χ4n) is 2.03. The molecule has 2 aromatic rings. The Kier molecular flexibility index (Phi) is 4.66. The number of Topliss-reactive ketones (excluding diaryl/α,β-unsaturated/α-hetero) is 1. The Labute approximate surface area is 118 Å². The number of hydrogen-bond donors (Lipinski definition) is 1. The van der Waals surface area contributed by atoms with Crippen LogP contribution in [0.3, 0.4) is 0 Å². The molecule has 0 unspecified atom stereocenters. The highest BCUT2D eigenvalue weighted by Gasteiger charge is 2.08. The van der Waals surface area contributed by atoms with Crippen LogP contribution in [0.4, 0.5) is 5.69 Å². The number of ketones is 1. The number of carbonyl (C=O) groups is 2. The van der Waals surface area contributed by atoms with Gasteiger partial charge >= 0.3 is 0 Å². The molecule has 1 N–H and O–H groups in total. The number of hydrogen-bond acceptors (Lipinski definition) is 2. The average Bonchev–Trinajstić information content (AvgIpc) is 2.41. The van der Waals surface area contributed by atoms with Gasteiger partial charge < -0.3 is 5.32 Å². The van der Waals surface area contributed by atoms with Crippen LogP contribution in [0, 0.1) is 0 Å². The lowest BCUT2D eigenvalue weighted by Gasteiger charge is -2.10. The third-order valence-electron chi connectivity index (χ3n) is 2.94. The van der Waals surface area contributed by atoms with Gasteiger partial charge in [0.15, 0.2) is 0 Å². The molecule has 3 nitrogen and oxygen atoms in total. The van der Waals surface area contributed by atoms with E-state index in [4.69, 9.17) is 0 Å². The molecule has 0 heterocycles. The first kappa shape index (κ1) is 14.0. The predicted octanol–water partition coefficient (Wildman–Crippen LogP) is 3.20. The molecule has 0 aliphatic carbocycles. The van der Waals surface area contributed by atoms with E-state index in [1.54, 1.807) is 0 Å². The van der Waals surface area contributed by atoms with Gasteiger partial charge in [-0.3, -0.25) is 9.59 Å². The molecular weight excluding hydrogens is 250 g/mol. The molecule has 0 atom stereocenters. The fraction of sp³-hybridized carbons (Fsp3) is 0.176. The topological polar surface area (TPSA) is 46.2 Å². The molecule has 2 aromatic carbocycles. The van der Waals surface area contributed by atoms with Gasteiger partial charge in [0.2, 0.25) is 5.91 Å². The van der Waals surface area contributed by atoms with E-state index in [1.165, 1.54) is 12.5 Å². The van der Waals surface area contributed by atoms with Crippen molar-refractivity contribution in [3.05, 3.63) is 65.7 Å². The third kappa shape index (κ3) is 4.05. The van der Waals surface area contributed by atoms with Crippen molar-refractivity contribution in [1.29, 1.82) is 0 Å². The first-order valence-corrected chi connectivity index (χ1v) is 6.56. The quantitative estimate of drug-likeness (QED) is 0.846. The summed E-state index contributed by atoms with van der Waals surface area (Å²) in [6, 6.07) is 17.7. The Morgan fingerprint density at radius 1 is 0.950 bits per heavy atom. The highest BCUT2D eigenvalue weighted by atomic mass is 16.2. The van der Waals surface area contributed by atoms with Gasteiger partial charge in [-0.25, -0.2) is 0 Å². The van der Waals surface area contributed by atoms with Crippen molar-refractivity contribution in [2.75, 3.05) is 5.32 Å². The summed E-state index contributed by atoms with van der Waals surface area (Å²) >= 11 is 0. The molecule has 0 spiro atoms. The first-order valence-electron chi connectivity index (χ1n) is 6.56. The molecule has 20 heavy (non-hydrogen) atoms. The maximum atomic E-state index is 11.7. The summed E-state index contributed by atoms with van der Waals surface area (Å²) in [6.45, 7) is 1.41. The van der Waals surface area contributed by atoms with Crippen molar-refractivity contribution in [2.45, 2.75) is 19.8 Å². The molecule has 2 rings (SSSR count). The van der Waals surface area contributed by atoms with Crippen molar-refractivity contribution >= 4 is 17.4 Å². The highest BCUT2D eigenvalue weighted by Crippen LogP contribution is 2.19. The van der Waals surface area contributed by atoms with E-state index >= 15 is 0 Å². The Morgan fingerprint density at radius 3 is 2.30 bits per heavy atom. The molecule has 0 radical (unpaired) electrons. The van der Waals surface area contributed by atoms with Crippen LogP contribution in [-0.2, 0) is 16.0 Å². The lowest BCUT2D eigenvalue weighted by Crippen LogP contribution is -2.15. The smallest absolute Gasteiger partial charge is 0.231 e. The Morgan fingerprint density at radius 2 is 1.60 bits per heavy atom. The number of amides is 1. The number of benzene rings is 2. The summed E-state index contributed by atoms with van der Waals surface area (Å²) in [7, 11) is 0. The van der Waals surface area contributed by atoms with Crippen molar-refractivity contribution < 1.29 is 9.59 Å². The monoisotopic (exact) mass is 267 g/mol. The van der Waals surface area contributed by atoms with Gasteiger partial charge in [-0.2, -0.15) is 0 Å². The fourth-order valence-corrected chi connectivity index (χ4v) is 2.03. The Bertz CT molecular complexity index is 605. The van der Waals surface area contributed by atoms with E-state index in [0.29, 0.717) is 0 Å². The minimum Gasteiger partial charge on any atom is -0.325 e. The standard InChI is InChI=1S/C17H17NO2/c1-13(19)11-17(20)18-16-10-6-5-9-15(16)12-14-7-3-2-4-8-14/h2-10H,11-12H2,1H3,(H,18,20). The maximum absolute atomic E-state index is 11.7. The van der Waals surface area contributed by atoms with Crippen molar-refractivity contribution in [1.82, 2.24) is 0 Å². The minimum atomic E-state index is -0.266. The van der Waals surface area contributed by atoms with Crippen molar-refractivity contribution in [3.63, 3.8) is 0 Å². The van der Waals surface area contributed by atoms with Crippen molar-refractivity contribution in [2.24, 2.45) is 0 Å². The lowest BCUT2D eigenvalue weighted by molar-refractivity contribution is -0.124. The number of carbonyl (C=O) groups excluding carboxylic acids is 2. The zero-order chi connectivity index (χ0) is 14.4. The maximum Gasteiger partial charge on any atom is 0.231 e. The van der Waals surface area contributed by atoms with Crippen LogP contribution in [0.15, 0.2) is 54.6 Å². The van der Waals surface area contributed by atoms with Gasteiger partial charge in [-0.05, 0) is 30.5 Å². The first-order chi connectivity index (χ1) is 9.65. The van der Waals surface area contributed by atoms with Gasteiger partial charge in [0.05, 0.1) is 6.42 Å². The number of rotatable bonds is 5. The van der Waals surface area contributed by atoms with E-state index in [1.807, 2.05) is 54.6 Å². The van der Waals surface area contributed by atoms with Gasteiger partial charge in [0, 0.05) is 5.69 Å². The molecule has 0 saturated heterocycles. The van der Waals surface area contributed by atoms with E-state index in [0.717, 1.165) is 17.7 Å². The molecule has 102 valence electrons. The van der Waals surface area contributed by atoms with Crippen LogP contribution in [0.1, 0.15) is 24.5 Å². The van der Waals surface area contributed by atoms with Crippen LogP contribution >= 0.6 is 0 Å². The van der Waals surface area contributed by atoms with Gasteiger partial charge in [-0.15, -0.1) is 0 Å². The molecule has 0 bridgehead atoms. The summed E-state index contributed by atoms with van der Waals surface area (Å²) in [5.41, 5.74) is 2.99. The molecule has 3 heteroatoms. The van der Waals surface area contributed by atoms with Gasteiger partial charge in [-0.1, -0.05) is 48.5 Å². The number of nitrogens with one attached hydrogen (secondary N) is 1. The third-order valence-corrected chi connectivity index (χ3v) is 2.94. The molecule has 0 aromatic heterocycles. The van der Waals surface area contributed by atoms with Crippen LogP contribution in [0.25, 0.3) is 0 Å². The average molecular weight is 267 g/mol. The summed E-state index contributed by atoms with van der Waals surface area (Å²) < 4.78 is 0. The highest BCUT2D eigenvalue weighted by molar-refractivity contribution is 6.03. The van der Waals surface area contributed by atoms with Crippen molar-refractivity contribution in [3.8, 4) is 0 Å². The summed E-state index contributed by atoms with van der Waals surface area (Å²) in [5, 5.41) is 2.80. The Hall–Kier alpha value is -2.42. The molecule has 0 aliphatic rings. The van der Waals surface area contributed by atoms with E-state index in [9.17, 15) is 9.59 Å². The second kappa shape index (κ2) is 6.66. The molecule has 0 aliphatic heterocycles. The molecule has 1 amide bonds. The SMILES string of the molecule is CC(=O)CC(=O)Nc1ccccc1Cc1ccccc1. The van der Waals surface area contributed by atoms with E-state index in [2.05, 4.69) is 5.32 Å². The van der Waals surface area contributed by atoms with Crippen LogP contribution in [-0.4, -0.2) is 11.7 Å². The number of para-hydroxylation sites is 1. The molecule has 0 fully saturated rings. The van der Waals surface area contributed by atoms with Crippen LogP contribution in [0.2, 0.25) is 0 Å². The molecular formula is C17H17NO2. The van der Waals surface area contributed by atoms with Crippen LogP contribution in [0.5, 0.6) is 0 Å². The summed E-state index contributed by atoms with van der Waals surface area (Å²) in [4.78, 5) is 22.7. The molecule has 0 saturated carbocycles. The van der Waals surface area contributed by atoms with Crippen LogP contribution < -0.4 is 5.32 Å².